The second kappa shape index (κ2) is 6.23. The highest BCUT2D eigenvalue weighted by Crippen LogP contribution is 2.29. The van der Waals surface area contributed by atoms with Gasteiger partial charge in [0, 0.05) is 35.5 Å². The fraction of sp³-hybridized carbons (Fsp3) is 0.429. The summed E-state index contributed by atoms with van der Waals surface area (Å²) < 4.78 is 5.22. The molecule has 2 aromatic heterocycles. The summed E-state index contributed by atoms with van der Waals surface area (Å²) in [4.78, 5) is 10.3. The fourth-order valence-corrected chi connectivity index (χ4v) is 3.08. The summed E-state index contributed by atoms with van der Waals surface area (Å²) in [6.07, 6.45) is 0. The number of methoxy groups -OCH3 is 1. The second-order valence-corrected chi connectivity index (χ2v) is 5.57. The molecular formula is C14H19N3OS. The van der Waals surface area contributed by atoms with E-state index in [4.69, 9.17) is 9.72 Å². The number of nitrogens with zero attached hydrogens (tertiary/aromatic N) is 2. The Morgan fingerprint density at radius 3 is 2.47 bits per heavy atom. The Morgan fingerprint density at radius 2 is 1.89 bits per heavy atom. The van der Waals surface area contributed by atoms with Crippen LogP contribution in [0, 0.1) is 13.8 Å². The van der Waals surface area contributed by atoms with E-state index in [1.165, 1.54) is 4.88 Å². The van der Waals surface area contributed by atoms with Crippen LogP contribution in [0.2, 0.25) is 0 Å². The van der Waals surface area contributed by atoms with Gasteiger partial charge in [-0.25, -0.2) is 4.98 Å². The molecule has 0 radical (unpaired) electrons. The minimum atomic E-state index is 0.552. The topological polar surface area (TPSA) is 47.0 Å². The van der Waals surface area contributed by atoms with Crippen molar-refractivity contribution in [1.29, 1.82) is 0 Å². The maximum atomic E-state index is 5.22. The van der Waals surface area contributed by atoms with Crippen LogP contribution < -0.4 is 5.32 Å². The van der Waals surface area contributed by atoms with E-state index in [-0.39, 0.29) is 0 Å². The van der Waals surface area contributed by atoms with Gasteiger partial charge < -0.3 is 10.1 Å². The molecule has 0 amide bonds. The van der Waals surface area contributed by atoms with Gasteiger partial charge in [-0.1, -0.05) is 0 Å². The lowest BCUT2D eigenvalue weighted by atomic mass is 10.2. The molecule has 0 saturated carbocycles. The molecule has 4 nitrogen and oxygen atoms in total. The maximum absolute atomic E-state index is 5.22. The van der Waals surface area contributed by atoms with E-state index in [0.29, 0.717) is 6.61 Å². The molecule has 0 spiro atoms. The lowest BCUT2D eigenvalue weighted by Gasteiger charge is -2.00. The van der Waals surface area contributed by atoms with E-state index in [9.17, 15) is 0 Å². The van der Waals surface area contributed by atoms with Gasteiger partial charge in [-0.2, -0.15) is 0 Å². The number of thiazole rings is 1. The van der Waals surface area contributed by atoms with Gasteiger partial charge in [0.15, 0.2) is 0 Å². The van der Waals surface area contributed by atoms with Crippen molar-refractivity contribution in [2.24, 2.45) is 0 Å². The average Bonchev–Trinajstić information content (AvgIpc) is 2.72. The van der Waals surface area contributed by atoms with Crippen LogP contribution in [-0.4, -0.2) is 24.1 Å². The number of hydrogen-bond acceptors (Lipinski definition) is 5. The van der Waals surface area contributed by atoms with Gasteiger partial charge in [-0.15, -0.1) is 11.3 Å². The molecule has 2 rings (SSSR count). The van der Waals surface area contributed by atoms with Gasteiger partial charge >= 0.3 is 0 Å². The summed E-state index contributed by atoms with van der Waals surface area (Å²) in [5, 5.41) is 4.21. The van der Waals surface area contributed by atoms with Crippen molar-refractivity contribution in [3.8, 4) is 10.6 Å². The predicted octanol–water partition coefficient (Wildman–Crippen LogP) is 2.69. The SMILES string of the molecule is CNCc1sc(-c2cc(C)nc(C)c2)nc1COC. The van der Waals surface area contributed by atoms with Crippen LogP contribution in [0.25, 0.3) is 10.6 Å². The Morgan fingerprint density at radius 1 is 1.21 bits per heavy atom. The van der Waals surface area contributed by atoms with Gasteiger partial charge in [-0.05, 0) is 33.0 Å². The summed E-state index contributed by atoms with van der Waals surface area (Å²) in [5.41, 5.74) is 4.20. The molecule has 0 saturated heterocycles. The third kappa shape index (κ3) is 3.37. The lowest BCUT2D eigenvalue weighted by Crippen LogP contribution is -2.06. The van der Waals surface area contributed by atoms with Crippen LogP contribution >= 0.6 is 11.3 Å². The summed E-state index contributed by atoms with van der Waals surface area (Å²) in [7, 11) is 3.64. The summed E-state index contributed by atoms with van der Waals surface area (Å²) >= 11 is 1.71. The molecule has 0 unspecified atom stereocenters. The first-order valence-corrected chi connectivity index (χ1v) is 7.03. The molecule has 0 aliphatic heterocycles. The highest BCUT2D eigenvalue weighted by Gasteiger charge is 2.12. The Labute approximate surface area is 117 Å². The highest BCUT2D eigenvalue weighted by molar-refractivity contribution is 7.15. The van der Waals surface area contributed by atoms with Crippen LogP contribution in [0.3, 0.4) is 0 Å². The maximum Gasteiger partial charge on any atom is 0.124 e. The number of hydrogen-bond donors (Lipinski definition) is 1. The van der Waals surface area contributed by atoms with Crippen molar-refractivity contribution in [1.82, 2.24) is 15.3 Å². The lowest BCUT2D eigenvalue weighted by molar-refractivity contribution is 0.181. The number of rotatable bonds is 5. The number of aryl methyl sites for hydroxylation is 2. The molecular weight excluding hydrogens is 258 g/mol. The smallest absolute Gasteiger partial charge is 0.124 e. The van der Waals surface area contributed by atoms with E-state index < -0.39 is 0 Å². The highest BCUT2D eigenvalue weighted by atomic mass is 32.1. The summed E-state index contributed by atoms with van der Waals surface area (Å²) in [6.45, 7) is 5.39. The molecule has 0 aromatic carbocycles. The molecule has 0 aliphatic rings. The Balaban J connectivity index is 2.41. The van der Waals surface area contributed by atoms with Gasteiger partial charge in [0.05, 0.1) is 12.3 Å². The van der Waals surface area contributed by atoms with Crippen molar-refractivity contribution in [3.63, 3.8) is 0 Å². The summed E-state index contributed by atoms with van der Waals surface area (Å²) in [5.74, 6) is 0. The van der Waals surface area contributed by atoms with Crippen LogP contribution in [0.5, 0.6) is 0 Å². The molecule has 2 aromatic rings. The minimum Gasteiger partial charge on any atom is -0.378 e. The molecule has 5 heteroatoms. The van der Waals surface area contributed by atoms with Gasteiger partial charge in [0.1, 0.15) is 5.01 Å². The molecule has 2 heterocycles. The second-order valence-electron chi connectivity index (χ2n) is 4.49. The Bertz CT molecular complexity index is 522. The van der Waals surface area contributed by atoms with Crippen molar-refractivity contribution in [2.45, 2.75) is 27.0 Å². The first-order chi connectivity index (χ1) is 9.13. The third-order valence-electron chi connectivity index (χ3n) is 2.73. The number of ether oxygens (including phenoxy) is 1. The predicted molar refractivity (Wildman–Crippen MR) is 78.3 cm³/mol. The molecule has 19 heavy (non-hydrogen) atoms. The van der Waals surface area contributed by atoms with E-state index in [1.54, 1.807) is 18.4 Å². The molecule has 0 atom stereocenters. The average molecular weight is 277 g/mol. The summed E-state index contributed by atoms with van der Waals surface area (Å²) in [6, 6.07) is 4.15. The zero-order valence-corrected chi connectivity index (χ0v) is 12.6. The molecule has 1 N–H and O–H groups in total. The van der Waals surface area contributed by atoms with E-state index in [2.05, 4.69) is 22.4 Å². The zero-order chi connectivity index (χ0) is 13.8. The molecule has 0 aliphatic carbocycles. The monoisotopic (exact) mass is 277 g/mol. The quantitative estimate of drug-likeness (QED) is 0.913. The largest absolute Gasteiger partial charge is 0.378 e. The van der Waals surface area contributed by atoms with Crippen LogP contribution in [0.4, 0.5) is 0 Å². The standard InChI is InChI=1S/C14H19N3OS/c1-9-5-11(6-10(2)16-9)14-17-12(8-18-4)13(19-14)7-15-3/h5-6,15H,7-8H2,1-4H3. The van der Waals surface area contributed by atoms with Crippen LogP contribution in [-0.2, 0) is 17.9 Å². The van der Waals surface area contributed by atoms with E-state index in [0.717, 1.165) is 34.2 Å². The number of aromatic nitrogens is 2. The molecule has 0 fully saturated rings. The Kier molecular flexibility index (Phi) is 4.63. The van der Waals surface area contributed by atoms with Crippen molar-refractivity contribution in [2.75, 3.05) is 14.2 Å². The Hall–Kier alpha value is -1.30. The van der Waals surface area contributed by atoms with Crippen molar-refractivity contribution >= 4 is 11.3 Å². The number of pyridine rings is 1. The first-order valence-electron chi connectivity index (χ1n) is 6.21. The third-order valence-corrected chi connectivity index (χ3v) is 3.87. The van der Waals surface area contributed by atoms with Crippen LogP contribution in [0.1, 0.15) is 22.0 Å². The van der Waals surface area contributed by atoms with E-state index in [1.807, 2.05) is 20.9 Å². The van der Waals surface area contributed by atoms with Crippen molar-refractivity contribution in [3.05, 3.63) is 34.1 Å². The van der Waals surface area contributed by atoms with Gasteiger partial charge in [0.2, 0.25) is 0 Å². The van der Waals surface area contributed by atoms with E-state index >= 15 is 0 Å². The fourth-order valence-electron chi connectivity index (χ4n) is 2.01. The van der Waals surface area contributed by atoms with Crippen LogP contribution in [0.15, 0.2) is 12.1 Å². The minimum absolute atomic E-state index is 0.552. The van der Waals surface area contributed by atoms with Gasteiger partial charge in [0.25, 0.3) is 0 Å². The van der Waals surface area contributed by atoms with Crippen molar-refractivity contribution < 1.29 is 4.74 Å². The normalized spacial score (nSPS) is 10.9. The van der Waals surface area contributed by atoms with Gasteiger partial charge in [-0.3, -0.25) is 4.98 Å². The molecule has 102 valence electrons. The first kappa shape index (κ1) is 14.1. The molecule has 0 bridgehead atoms. The zero-order valence-electron chi connectivity index (χ0n) is 11.8. The number of nitrogens with one attached hydrogen (secondary N) is 1.